The molecular formula is C22H21N3NaO4S. The molecule has 1 N–H and O–H groups in total. The molecule has 31 heavy (non-hydrogen) atoms. The van der Waals surface area contributed by atoms with Crippen LogP contribution in [0, 0.1) is 5.92 Å². The number of aromatic carboxylic acids is 1. The van der Waals surface area contributed by atoms with Gasteiger partial charge in [0.2, 0.25) is 0 Å². The number of nitrogens with zero attached hydrogens (tertiary/aromatic N) is 3. The quantitative estimate of drug-likeness (QED) is 0.476. The Morgan fingerprint density at radius 1 is 1.19 bits per heavy atom. The Balaban J connectivity index is 0.00000272. The SMILES string of the molecule is CC(C)Cn1c(=O)n(C)c(=O)c2c(C(=O)O)c(Cc3cccc4ncccc34)sc21.[Na]. The number of carboxylic acids is 1. The van der Waals surface area contributed by atoms with Crippen LogP contribution in [0.15, 0.2) is 46.1 Å². The Kier molecular flexibility index (Phi) is 6.85. The minimum Gasteiger partial charge on any atom is -0.478 e. The second kappa shape index (κ2) is 9.08. The number of carbonyl (C=O) groups is 1. The number of carboxylic acid groups (broad SMARTS) is 1. The maximum atomic E-state index is 12.9. The van der Waals surface area contributed by atoms with E-state index in [0.29, 0.717) is 22.7 Å². The summed E-state index contributed by atoms with van der Waals surface area (Å²) in [5.74, 6) is -1.01. The van der Waals surface area contributed by atoms with Gasteiger partial charge in [-0.05, 0) is 23.6 Å². The van der Waals surface area contributed by atoms with Gasteiger partial charge in [-0.15, -0.1) is 11.3 Å². The Labute approximate surface area is 204 Å². The molecule has 0 saturated carbocycles. The van der Waals surface area contributed by atoms with Crippen molar-refractivity contribution in [2.45, 2.75) is 26.8 Å². The van der Waals surface area contributed by atoms with Gasteiger partial charge in [0.05, 0.1) is 16.5 Å². The third-order valence-corrected chi connectivity index (χ3v) is 6.31. The molecule has 3 aromatic heterocycles. The number of aromatic nitrogens is 3. The fourth-order valence-corrected chi connectivity index (χ4v) is 5.05. The van der Waals surface area contributed by atoms with Gasteiger partial charge in [-0.1, -0.05) is 32.0 Å². The van der Waals surface area contributed by atoms with Crippen molar-refractivity contribution in [2.75, 3.05) is 0 Å². The minimum absolute atomic E-state index is 0. The van der Waals surface area contributed by atoms with Gasteiger partial charge in [0.1, 0.15) is 4.83 Å². The van der Waals surface area contributed by atoms with Crippen molar-refractivity contribution in [3.05, 3.63) is 73.4 Å². The Bertz CT molecular complexity index is 1410. The second-order valence-corrected chi connectivity index (χ2v) is 8.78. The third-order valence-electron chi connectivity index (χ3n) is 5.09. The van der Waals surface area contributed by atoms with Crippen LogP contribution in [0.4, 0.5) is 0 Å². The smallest absolute Gasteiger partial charge is 0.337 e. The molecule has 0 saturated heterocycles. The van der Waals surface area contributed by atoms with E-state index in [1.54, 1.807) is 6.20 Å². The van der Waals surface area contributed by atoms with Gasteiger partial charge in [0.25, 0.3) is 5.56 Å². The molecule has 3 heterocycles. The minimum atomic E-state index is -1.17. The number of pyridine rings is 1. The molecule has 0 atom stereocenters. The molecule has 1 radical (unpaired) electrons. The summed E-state index contributed by atoms with van der Waals surface area (Å²) in [5.41, 5.74) is 0.716. The van der Waals surface area contributed by atoms with E-state index >= 15 is 0 Å². The van der Waals surface area contributed by atoms with Crippen molar-refractivity contribution in [1.29, 1.82) is 0 Å². The third kappa shape index (κ3) is 4.13. The molecule has 9 heteroatoms. The van der Waals surface area contributed by atoms with Crippen molar-refractivity contribution in [3.63, 3.8) is 0 Å². The van der Waals surface area contributed by atoms with Crippen LogP contribution >= 0.6 is 11.3 Å². The first-order chi connectivity index (χ1) is 14.3. The summed E-state index contributed by atoms with van der Waals surface area (Å²) in [7, 11) is 1.39. The number of benzene rings is 1. The average molecular weight is 446 g/mol. The zero-order valence-corrected chi connectivity index (χ0v) is 20.7. The maximum absolute atomic E-state index is 12.9. The summed E-state index contributed by atoms with van der Waals surface area (Å²) < 4.78 is 2.52. The summed E-state index contributed by atoms with van der Waals surface area (Å²) >= 11 is 1.21. The van der Waals surface area contributed by atoms with Gasteiger partial charge in [-0.25, -0.2) is 9.59 Å². The monoisotopic (exact) mass is 446 g/mol. The van der Waals surface area contributed by atoms with Crippen LogP contribution in [0.25, 0.3) is 21.1 Å². The van der Waals surface area contributed by atoms with Gasteiger partial charge < -0.3 is 5.11 Å². The largest absolute Gasteiger partial charge is 0.478 e. The van der Waals surface area contributed by atoms with Crippen LogP contribution in [-0.4, -0.2) is 54.8 Å². The zero-order valence-electron chi connectivity index (χ0n) is 17.9. The first kappa shape index (κ1) is 23.4. The van der Waals surface area contributed by atoms with Gasteiger partial charge in [-0.3, -0.25) is 18.9 Å². The topological polar surface area (TPSA) is 94.2 Å². The molecule has 0 bridgehead atoms. The van der Waals surface area contributed by atoms with Crippen molar-refractivity contribution >= 4 is 68.0 Å². The van der Waals surface area contributed by atoms with Crippen molar-refractivity contribution in [3.8, 4) is 0 Å². The molecule has 0 aliphatic rings. The number of hydrogen-bond acceptors (Lipinski definition) is 5. The van der Waals surface area contributed by atoms with Gasteiger partial charge in [0, 0.05) is 66.0 Å². The standard InChI is InChI=1S/C22H21N3O4S.Na/c1-12(2)11-25-20-18(19(26)24(3)22(25)29)17(21(27)28)16(30-20)10-13-6-4-8-15-14(13)7-5-9-23-15;/h4-9,12H,10-11H2,1-3H3,(H,27,28);. The molecule has 0 unspecified atom stereocenters. The van der Waals surface area contributed by atoms with Crippen molar-refractivity contribution < 1.29 is 9.90 Å². The van der Waals surface area contributed by atoms with Gasteiger partial charge in [0.15, 0.2) is 0 Å². The fraction of sp³-hybridized carbons (Fsp3) is 0.273. The molecule has 155 valence electrons. The first-order valence-corrected chi connectivity index (χ1v) is 10.4. The van der Waals surface area contributed by atoms with E-state index in [-0.39, 0.29) is 46.4 Å². The Morgan fingerprint density at radius 2 is 1.94 bits per heavy atom. The second-order valence-electron chi connectivity index (χ2n) is 7.70. The van der Waals surface area contributed by atoms with E-state index in [9.17, 15) is 19.5 Å². The van der Waals surface area contributed by atoms with Crippen LogP contribution in [0.1, 0.15) is 34.6 Å². The predicted octanol–water partition coefficient (Wildman–Crippen LogP) is 2.87. The number of fused-ring (bicyclic) bond motifs is 2. The van der Waals surface area contributed by atoms with Crippen LogP contribution in [0.3, 0.4) is 0 Å². The van der Waals surface area contributed by atoms with Crippen molar-refractivity contribution in [2.24, 2.45) is 13.0 Å². The Morgan fingerprint density at radius 3 is 2.61 bits per heavy atom. The number of rotatable bonds is 5. The molecule has 0 aliphatic heterocycles. The van der Waals surface area contributed by atoms with Gasteiger partial charge in [-0.2, -0.15) is 0 Å². The van der Waals surface area contributed by atoms with E-state index in [1.165, 1.54) is 23.0 Å². The molecule has 4 aromatic rings. The number of hydrogen-bond donors (Lipinski definition) is 1. The summed E-state index contributed by atoms with van der Waals surface area (Å²) in [6, 6.07) is 9.49. The summed E-state index contributed by atoms with van der Waals surface area (Å²) in [6.45, 7) is 4.35. The van der Waals surface area contributed by atoms with Gasteiger partial charge >= 0.3 is 11.7 Å². The first-order valence-electron chi connectivity index (χ1n) is 9.60. The van der Waals surface area contributed by atoms with E-state index in [4.69, 9.17) is 0 Å². The predicted molar refractivity (Wildman–Crippen MR) is 123 cm³/mol. The van der Waals surface area contributed by atoms with Crippen LogP contribution in [0.2, 0.25) is 0 Å². The molecule has 4 rings (SSSR count). The van der Waals surface area contributed by atoms with Crippen LogP contribution in [-0.2, 0) is 20.0 Å². The molecule has 1 aromatic carbocycles. The molecule has 0 amide bonds. The zero-order chi connectivity index (χ0) is 21.6. The summed E-state index contributed by atoms with van der Waals surface area (Å²) in [5, 5.41) is 11.0. The van der Waals surface area contributed by atoms with Crippen molar-refractivity contribution in [1.82, 2.24) is 14.1 Å². The molecule has 0 spiro atoms. The molecular weight excluding hydrogens is 425 g/mol. The van der Waals surface area contributed by atoms with E-state index in [1.807, 2.05) is 44.2 Å². The summed E-state index contributed by atoms with van der Waals surface area (Å²) in [4.78, 5) is 43.1. The fourth-order valence-electron chi connectivity index (χ4n) is 3.75. The van der Waals surface area contributed by atoms with Crippen LogP contribution < -0.4 is 11.2 Å². The Hall–Kier alpha value is -2.26. The molecule has 0 fully saturated rings. The normalized spacial score (nSPS) is 11.2. The average Bonchev–Trinajstić information content (AvgIpc) is 3.09. The maximum Gasteiger partial charge on any atom is 0.337 e. The van der Waals surface area contributed by atoms with E-state index < -0.39 is 17.2 Å². The van der Waals surface area contributed by atoms with Crippen LogP contribution in [0.5, 0.6) is 0 Å². The number of thiophene rings is 1. The van der Waals surface area contributed by atoms with E-state index in [2.05, 4.69) is 4.98 Å². The molecule has 7 nitrogen and oxygen atoms in total. The summed E-state index contributed by atoms with van der Waals surface area (Å²) in [6.07, 6.45) is 2.05. The molecule has 0 aliphatic carbocycles. The van der Waals surface area contributed by atoms with E-state index in [0.717, 1.165) is 21.0 Å².